The topological polar surface area (TPSA) is 91.3 Å². The predicted molar refractivity (Wildman–Crippen MR) is 76.6 cm³/mol. The first-order chi connectivity index (χ1) is 9.42. The van der Waals surface area contributed by atoms with Crippen LogP contribution in [0, 0.1) is 5.92 Å². The molecule has 1 rings (SSSR count). The van der Waals surface area contributed by atoms with E-state index in [4.69, 9.17) is 5.11 Å². The molecule has 0 fully saturated rings. The fourth-order valence-corrected chi connectivity index (χ4v) is 1.63. The molecule has 0 aliphatic rings. The summed E-state index contributed by atoms with van der Waals surface area (Å²) in [6.45, 7) is 6.11. The summed E-state index contributed by atoms with van der Waals surface area (Å²) in [5.74, 6) is -0.532. The first-order valence-corrected chi connectivity index (χ1v) is 6.66. The highest BCUT2D eigenvalue weighted by atomic mass is 16.4. The molecule has 1 aromatic rings. The van der Waals surface area contributed by atoms with Crippen molar-refractivity contribution in [3.05, 3.63) is 24.0 Å². The molecule has 0 aromatic carbocycles. The molecule has 6 heteroatoms. The van der Waals surface area contributed by atoms with Gasteiger partial charge in [0.25, 0.3) is 0 Å². The first kappa shape index (κ1) is 15.9. The number of urea groups is 1. The fraction of sp³-hybridized carbons (Fsp3) is 0.500. The average molecular weight is 279 g/mol. The molecule has 1 aromatic heterocycles. The zero-order chi connectivity index (χ0) is 15.1. The maximum absolute atomic E-state index is 11.8. The molecular weight excluding hydrogens is 258 g/mol. The Kier molecular flexibility index (Phi) is 5.96. The van der Waals surface area contributed by atoms with E-state index >= 15 is 0 Å². The van der Waals surface area contributed by atoms with Crippen molar-refractivity contribution in [2.24, 2.45) is 5.92 Å². The third-order valence-corrected chi connectivity index (χ3v) is 3.27. The van der Waals surface area contributed by atoms with Crippen LogP contribution >= 0.6 is 0 Å². The normalized spacial score (nSPS) is 13.3. The van der Waals surface area contributed by atoms with Gasteiger partial charge in [-0.15, -0.1) is 0 Å². The third-order valence-electron chi connectivity index (χ3n) is 3.27. The molecule has 0 saturated carbocycles. The van der Waals surface area contributed by atoms with Crippen LogP contribution in [0.5, 0.6) is 0 Å². The molecule has 1 heterocycles. The molecule has 0 aliphatic heterocycles. The quantitative estimate of drug-likeness (QED) is 0.745. The van der Waals surface area contributed by atoms with Crippen LogP contribution in [-0.4, -0.2) is 28.1 Å². The van der Waals surface area contributed by atoms with Gasteiger partial charge in [0.15, 0.2) is 0 Å². The Morgan fingerprint density at radius 1 is 1.35 bits per heavy atom. The number of aromatic nitrogens is 1. The van der Waals surface area contributed by atoms with Gasteiger partial charge in [-0.05, 0) is 25.0 Å². The van der Waals surface area contributed by atoms with Crippen molar-refractivity contribution in [1.29, 1.82) is 0 Å². The SMILES string of the molecule is CCC(C)C(C)NC(=O)Nc1ccc(CC(=O)O)nc1. The minimum Gasteiger partial charge on any atom is -0.481 e. The Bertz CT molecular complexity index is 459. The summed E-state index contributed by atoms with van der Waals surface area (Å²) in [5, 5.41) is 14.2. The lowest BCUT2D eigenvalue weighted by Crippen LogP contribution is -2.39. The van der Waals surface area contributed by atoms with Crippen LogP contribution in [0.1, 0.15) is 32.9 Å². The second-order valence-corrected chi connectivity index (χ2v) is 4.88. The molecule has 0 saturated heterocycles. The van der Waals surface area contributed by atoms with Gasteiger partial charge in [-0.1, -0.05) is 20.3 Å². The van der Waals surface area contributed by atoms with E-state index in [1.54, 1.807) is 12.1 Å². The Labute approximate surface area is 118 Å². The zero-order valence-corrected chi connectivity index (χ0v) is 12.0. The van der Waals surface area contributed by atoms with Gasteiger partial charge in [-0.25, -0.2) is 4.79 Å². The molecule has 2 atom stereocenters. The molecule has 3 N–H and O–H groups in total. The van der Waals surface area contributed by atoms with Gasteiger partial charge in [-0.3, -0.25) is 9.78 Å². The number of anilines is 1. The van der Waals surface area contributed by atoms with Gasteiger partial charge >= 0.3 is 12.0 Å². The van der Waals surface area contributed by atoms with Crippen molar-refractivity contribution < 1.29 is 14.7 Å². The molecule has 0 aliphatic carbocycles. The Morgan fingerprint density at radius 2 is 2.05 bits per heavy atom. The van der Waals surface area contributed by atoms with E-state index in [9.17, 15) is 9.59 Å². The number of nitrogens with zero attached hydrogens (tertiary/aromatic N) is 1. The minimum absolute atomic E-state index is 0.0826. The number of pyridine rings is 1. The summed E-state index contributed by atoms with van der Waals surface area (Å²) in [4.78, 5) is 26.3. The molecule has 6 nitrogen and oxygen atoms in total. The molecule has 2 unspecified atom stereocenters. The van der Waals surface area contributed by atoms with Crippen LogP contribution in [0.2, 0.25) is 0 Å². The number of rotatable bonds is 6. The zero-order valence-electron chi connectivity index (χ0n) is 12.0. The number of hydrogen-bond acceptors (Lipinski definition) is 3. The van der Waals surface area contributed by atoms with Crippen LogP contribution in [0.3, 0.4) is 0 Å². The van der Waals surface area contributed by atoms with Gasteiger partial charge in [0.05, 0.1) is 24.0 Å². The minimum atomic E-state index is -0.932. The van der Waals surface area contributed by atoms with Crippen LogP contribution in [0.4, 0.5) is 10.5 Å². The number of nitrogens with one attached hydrogen (secondary N) is 2. The number of amides is 2. The smallest absolute Gasteiger partial charge is 0.319 e. The van der Waals surface area contributed by atoms with Crippen LogP contribution in [0.15, 0.2) is 18.3 Å². The lowest BCUT2D eigenvalue weighted by atomic mass is 10.0. The highest BCUT2D eigenvalue weighted by Crippen LogP contribution is 2.09. The van der Waals surface area contributed by atoms with E-state index in [0.717, 1.165) is 6.42 Å². The van der Waals surface area contributed by atoms with Crippen molar-refractivity contribution in [2.75, 3.05) is 5.32 Å². The third kappa shape index (κ3) is 5.26. The lowest BCUT2D eigenvalue weighted by Gasteiger charge is -2.20. The van der Waals surface area contributed by atoms with Gasteiger partial charge in [0, 0.05) is 6.04 Å². The van der Waals surface area contributed by atoms with Crippen molar-refractivity contribution in [3.8, 4) is 0 Å². The Balaban J connectivity index is 2.52. The molecular formula is C14H21N3O3. The molecule has 0 radical (unpaired) electrons. The van der Waals surface area contributed by atoms with Crippen molar-refractivity contribution in [2.45, 2.75) is 39.7 Å². The standard InChI is InChI=1S/C14H21N3O3/c1-4-9(2)10(3)16-14(20)17-12-6-5-11(15-8-12)7-13(18)19/h5-6,8-10H,4,7H2,1-3H3,(H,18,19)(H2,16,17,20). The maximum Gasteiger partial charge on any atom is 0.319 e. The first-order valence-electron chi connectivity index (χ1n) is 6.66. The second kappa shape index (κ2) is 7.47. The summed E-state index contributed by atoms with van der Waals surface area (Å²) in [6.07, 6.45) is 2.32. The van der Waals surface area contributed by atoms with Crippen molar-refractivity contribution in [3.63, 3.8) is 0 Å². The molecule has 0 spiro atoms. The van der Waals surface area contributed by atoms with E-state index < -0.39 is 5.97 Å². The largest absolute Gasteiger partial charge is 0.481 e. The second-order valence-electron chi connectivity index (χ2n) is 4.88. The van der Waals surface area contributed by atoms with E-state index in [-0.39, 0.29) is 18.5 Å². The number of aliphatic carboxylic acids is 1. The van der Waals surface area contributed by atoms with Crippen LogP contribution in [0.25, 0.3) is 0 Å². The van der Waals surface area contributed by atoms with E-state index in [1.807, 2.05) is 6.92 Å². The monoisotopic (exact) mass is 279 g/mol. The molecule has 2 amide bonds. The van der Waals surface area contributed by atoms with E-state index in [2.05, 4.69) is 29.5 Å². The summed E-state index contributed by atoms with van der Waals surface area (Å²) in [5.41, 5.74) is 0.990. The number of carbonyl (C=O) groups excluding carboxylic acids is 1. The fourth-order valence-electron chi connectivity index (χ4n) is 1.63. The number of carboxylic acids is 1. The number of carbonyl (C=O) groups is 2. The summed E-state index contributed by atoms with van der Waals surface area (Å²) >= 11 is 0. The van der Waals surface area contributed by atoms with E-state index in [0.29, 0.717) is 17.3 Å². The summed E-state index contributed by atoms with van der Waals surface area (Å²) < 4.78 is 0. The van der Waals surface area contributed by atoms with Gasteiger partial charge in [0.1, 0.15) is 0 Å². The summed E-state index contributed by atoms with van der Waals surface area (Å²) in [7, 11) is 0. The maximum atomic E-state index is 11.8. The average Bonchev–Trinajstić information content (AvgIpc) is 2.39. The van der Waals surface area contributed by atoms with Crippen LogP contribution < -0.4 is 10.6 Å². The highest BCUT2D eigenvalue weighted by Gasteiger charge is 2.13. The van der Waals surface area contributed by atoms with Gasteiger partial charge in [0.2, 0.25) is 0 Å². The van der Waals surface area contributed by atoms with Gasteiger partial charge < -0.3 is 15.7 Å². The Hall–Kier alpha value is -2.11. The molecule has 0 bridgehead atoms. The Morgan fingerprint density at radius 3 is 2.55 bits per heavy atom. The molecule has 110 valence electrons. The molecule has 20 heavy (non-hydrogen) atoms. The van der Waals surface area contributed by atoms with E-state index in [1.165, 1.54) is 6.20 Å². The van der Waals surface area contributed by atoms with Crippen LogP contribution in [-0.2, 0) is 11.2 Å². The van der Waals surface area contributed by atoms with Crippen molar-refractivity contribution >= 4 is 17.7 Å². The highest BCUT2D eigenvalue weighted by molar-refractivity contribution is 5.89. The predicted octanol–water partition coefficient (Wildman–Crippen LogP) is 2.26. The lowest BCUT2D eigenvalue weighted by molar-refractivity contribution is -0.136. The summed E-state index contributed by atoms with van der Waals surface area (Å²) in [6, 6.07) is 3.02. The number of hydrogen-bond donors (Lipinski definition) is 3. The van der Waals surface area contributed by atoms with Crippen molar-refractivity contribution in [1.82, 2.24) is 10.3 Å². The number of carboxylic acid groups (broad SMARTS) is 1. The van der Waals surface area contributed by atoms with Gasteiger partial charge in [-0.2, -0.15) is 0 Å².